The number of nitrogens with two attached hydrogens (primary N) is 1. The van der Waals surface area contributed by atoms with Crippen LogP contribution in [0.5, 0.6) is 11.5 Å². The molecule has 0 unspecified atom stereocenters. The fourth-order valence-corrected chi connectivity index (χ4v) is 3.97. The van der Waals surface area contributed by atoms with Gasteiger partial charge >= 0.3 is 0 Å². The van der Waals surface area contributed by atoms with Crippen molar-refractivity contribution in [3.8, 4) is 22.2 Å². The van der Waals surface area contributed by atoms with Crippen LogP contribution in [-0.2, 0) is 4.79 Å². The average molecular weight is 397 g/mol. The second-order valence-electron chi connectivity index (χ2n) is 6.22. The lowest BCUT2D eigenvalue weighted by Crippen LogP contribution is -2.32. The van der Waals surface area contributed by atoms with E-state index in [1.54, 1.807) is 49.3 Å². The van der Waals surface area contributed by atoms with Gasteiger partial charge in [-0.2, -0.15) is 4.98 Å². The van der Waals surface area contributed by atoms with E-state index >= 15 is 0 Å². The summed E-state index contributed by atoms with van der Waals surface area (Å²) < 4.78 is 12.6. The highest BCUT2D eigenvalue weighted by molar-refractivity contribution is 7.13. The number of allylic oxidation sites excluding steroid dienone is 1. The topological polar surface area (TPSA) is 104 Å². The minimum absolute atomic E-state index is 0.390. The van der Waals surface area contributed by atoms with E-state index in [9.17, 15) is 4.79 Å². The van der Waals surface area contributed by atoms with Crippen LogP contribution >= 0.6 is 11.3 Å². The maximum atomic E-state index is 12.3. The highest BCUT2D eigenvalue weighted by Crippen LogP contribution is 2.41. The number of hydrogen-bond donors (Lipinski definition) is 2. The number of fused-ring (bicyclic) bond motifs is 1. The fourth-order valence-electron chi connectivity index (χ4n) is 3.32. The summed E-state index contributed by atoms with van der Waals surface area (Å²) in [7, 11) is 3.16. The highest BCUT2D eigenvalue weighted by atomic mass is 32.1. The van der Waals surface area contributed by atoms with Crippen LogP contribution in [0.15, 0.2) is 47.0 Å². The maximum absolute atomic E-state index is 12.3. The molecule has 1 amide bonds. The molecule has 0 spiro atoms. The molecule has 1 aliphatic rings. The van der Waals surface area contributed by atoms with Crippen molar-refractivity contribution in [3.05, 3.63) is 52.5 Å². The number of primary amides is 1. The van der Waals surface area contributed by atoms with Gasteiger partial charge in [0.15, 0.2) is 5.82 Å². The van der Waals surface area contributed by atoms with Crippen LogP contribution in [0.2, 0.25) is 0 Å². The molecule has 1 aliphatic heterocycles. The summed E-state index contributed by atoms with van der Waals surface area (Å²) in [6.07, 6.45) is 0. The van der Waals surface area contributed by atoms with E-state index in [0.29, 0.717) is 40.1 Å². The molecule has 0 aliphatic carbocycles. The molecular formula is C19H19N5O3S. The smallest absolute Gasteiger partial charge is 0.248 e. The Hall–Kier alpha value is -3.33. The van der Waals surface area contributed by atoms with Crippen LogP contribution in [0, 0.1) is 0 Å². The number of benzene rings is 1. The van der Waals surface area contributed by atoms with Gasteiger partial charge in [0, 0.05) is 11.3 Å². The highest BCUT2D eigenvalue weighted by Gasteiger charge is 2.35. The molecule has 0 saturated heterocycles. The van der Waals surface area contributed by atoms with Gasteiger partial charge in [0.2, 0.25) is 11.9 Å². The Morgan fingerprint density at radius 1 is 1.29 bits per heavy atom. The van der Waals surface area contributed by atoms with Crippen LogP contribution in [0.25, 0.3) is 10.7 Å². The monoisotopic (exact) mass is 397 g/mol. The third-order valence-corrected chi connectivity index (χ3v) is 5.46. The number of carbonyl (C=O) groups excluding carboxylic acids is 1. The van der Waals surface area contributed by atoms with Crippen molar-refractivity contribution in [3.63, 3.8) is 0 Å². The van der Waals surface area contributed by atoms with Gasteiger partial charge in [-0.1, -0.05) is 6.07 Å². The predicted octanol–water partition coefficient (Wildman–Crippen LogP) is 2.80. The molecule has 2 aromatic heterocycles. The van der Waals surface area contributed by atoms with Crippen molar-refractivity contribution in [2.45, 2.75) is 13.0 Å². The first-order chi connectivity index (χ1) is 13.5. The molecule has 0 bridgehead atoms. The Morgan fingerprint density at radius 3 is 2.75 bits per heavy atom. The molecule has 1 atom stereocenters. The van der Waals surface area contributed by atoms with Crippen molar-refractivity contribution in [1.82, 2.24) is 14.8 Å². The minimum atomic E-state index is -0.597. The average Bonchev–Trinajstić information content (AvgIpc) is 3.35. The molecule has 4 rings (SSSR count). The SMILES string of the molecule is COc1ccc(OC)c([C@H]2C(C(N)=O)=C(C)Nc3nc(-c4cccs4)nn32)c1. The van der Waals surface area contributed by atoms with Gasteiger partial charge in [0.25, 0.3) is 0 Å². The Labute approximate surface area is 165 Å². The summed E-state index contributed by atoms with van der Waals surface area (Å²) in [4.78, 5) is 17.9. The van der Waals surface area contributed by atoms with Crippen LogP contribution < -0.4 is 20.5 Å². The van der Waals surface area contributed by atoms with E-state index < -0.39 is 11.9 Å². The zero-order chi connectivity index (χ0) is 19.8. The van der Waals surface area contributed by atoms with E-state index in [-0.39, 0.29) is 0 Å². The second kappa shape index (κ2) is 7.01. The summed E-state index contributed by atoms with van der Waals surface area (Å²) in [6, 6.07) is 8.70. The summed E-state index contributed by atoms with van der Waals surface area (Å²) in [5.74, 6) is 1.79. The number of ether oxygens (including phenoxy) is 2. The van der Waals surface area contributed by atoms with Crippen LogP contribution in [0.1, 0.15) is 18.5 Å². The van der Waals surface area contributed by atoms with E-state index in [1.165, 1.54) is 0 Å². The van der Waals surface area contributed by atoms with Gasteiger partial charge in [-0.3, -0.25) is 4.79 Å². The van der Waals surface area contributed by atoms with Crippen molar-refractivity contribution >= 4 is 23.2 Å². The quantitative estimate of drug-likeness (QED) is 0.686. The molecule has 9 heteroatoms. The van der Waals surface area contributed by atoms with Gasteiger partial charge in [0.1, 0.15) is 17.5 Å². The fraction of sp³-hybridized carbons (Fsp3) is 0.211. The van der Waals surface area contributed by atoms with Crippen molar-refractivity contribution < 1.29 is 14.3 Å². The standard InChI is InChI=1S/C19H19N5O3S/c1-10-15(17(20)25)16(12-9-11(26-2)6-7-13(12)27-3)24-19(21-10)22-18(23-24)14-5-4-8-28-14/h4-9,16H,1-3H3,(H2,20,25)(H,21,22,23)/t16-/m0/s1. The Kier molecular flexibility index (Phi) is 4.52. The molecule has 0 fully saturated rings. The number of anilines is 1. The predicted molar refractivity (Wildman–Crippen MR) is 107 cm³/mol. The van der Waals surface area contributed by atoms with Crippen molar-refractivity contribution in [1.29, 1.82) is 0 Å². The maximum Gasteiger partial charge on any atom is 0.248 e. The molecule has 3 heterocycles. The summed E-state index contributed by atoms with van der Waals surface area (Å²) >= 11 is 1.54. The Balaban J connectivity index is 1.95. The molecule has 144 valence electrons. The van der Waals surface area contributed by atoms with Crippen LogP contribution in [0.3, 0.4) is 0 Å². The van der Waals surface area contributed by atoms with E-state index in [4.69, 9.17) is 15.2 Å². The first-order valence-electron chi connectivity index (χ1n) is 8.53. The molecule has 0 saturated carbocycles. The first kappa shape index (κ1) is 18.1. The number of hydrogen-bond acceptors (Lipinski definition) is 7. The zero-order valence-corrected chi connectivity index (χ0v) is 16.4. The third-order valence-electron chi connectivity index (χ3n) is 4.59. The molecular weight excluding hydrogens is 378 g/mol. The van der Waals surface area contributed by atoms with Gasteiger partial charge in [-0.25, -0.2) is 4.68 Å². The van der Waals surface area contributed by atoms with Gasteiger partial charge in [-0.05, 0) is 36.6 Å². The number of rotatable bonds is 5. The number of aromatic nitrogens is 3. The second-order valence-corrected chi connectivity index (χ2v) is 7.17. The Bertz CT molecular complexity index is 1070. The summed E-state index contributed by atoms with van der Waals surface area (Å²) in [5, 5.41) is 9.77. The van der Waals surface area contributed by atoms with Gasteiger partial charge in [-0.15, -0.1) is 16.4 Å². The van der Waals surface area contributed by atoms with Gasteiger partial charge in [0.05, 0.1) is 24.7 Å². The number of carbonyl (C=O) groups is 1. The Morgan fingerprint density at radius 2 is 2.11 bits per heavy atom. The molecule has 3 N–H and O–H groups in total. The molecule has 28 heavy (non-hydrogen) atoms. The van der Waals surface area contributed by atoms with E-state index in [1.807, 2.05) is 23.6 Å². The largest absolute Gasteiger partial charge is 0.497 e. The zero-order valence-electron chi connectivity index (χ0n) is 15.6. The number of nitrogens with one attached hydrogen (secondary N) is 1. The molecule has 3 aromatic rings. The lowest BCUT2D eigenvalue weighted by Gasteiger charge is -2.28. The van der Waals surface area contributed by atoms with E-state index in [0.717, 1.165) is 4.88 Å². The van der Waals surface area contributed by atoms with Crippen LogP contribution in [-0.4, -0.2) is 34.9 Å². The number of methoxy groups -OCH3 is 2. The molecule has 1 aromatic carbocycles. The lowest BCUT2D eigenvalue weighted by atomic mass is 9.94. The number of amides is 1. The summed E-state index contributed by atoms with van der Waals surface area (Å²) in [6.45, 7) is 1.79. The van der Waals surface area contributed by atoms with Gasteiger partial charge < -0.3 is 20.5 Å². The number of nitrogens with zero attached hydrogens (tertiary/aromatic N) is 3. The van der Waals surface area contributed by atoms with Crippen molar-refractivity contribution in [2.75, 3.05) is 19.5 Å². The molecule has 8 nitrogen and oxygen atoms in total. The van der Waals surface area contributed by atoms with E-state index in [2.05, 4.69) is 15.4 Å². The third kappa shape index (κ3) is 2.89. The van der Waals surface area contributed by atoms with Crippen LogP contribution in [0.4, 0.5) is 5.95 Å². The minimum Gasteiger partial charge on any atom is -0.497 e. The van der Waals surface area contributed by atoms with Crippen molar-refractivity contribution in [2.24, 2.45) is 5.73 Å². The molecule has 0 radical (unpaired) electrons. The summed E-state index contributed by atoms with van der Waals surface area (Å²) in [5.41, 5.74) is 7.46. The normalized spacial score (nSPS) is 15.8. The first-order valence-corrected chi connectivity index (χ1v) is 9.41. The lowest BCUT2D eigenvalue weighted by molar-refractivity contribution is -0.115. The number of thiophene rings is 1.